The molecular weight excluding hydrogens is 290 g/mol. The lowest BCUT2D eigenvalue weighted by molar-refractivity contribution is -0.139. The minimum absolute atomic E-state index is 0.0462. The molecule has 20 heavy (non-hydrogen) atoms. The average molecular weight is 301 g/mol. The van der Waals surface area contributed by atoms with E-state index in [-0.39, 0.29) is 11.4 Å². The van der Waals surface area contributed by atoms with Gasteiger partial charge < -0.3 is 5.73 Å². The minimum atomic E-state index is -4.45. The molecule has 0 spiro atoms. The molecule has 0 bridgehead atoms. The molecule has 106 valence electrons. The van der Waals surface area contributed by atoms with E-state index in [1.807, 2.05) is 0 Å². The molecule has 0 aliphatic carbocycles. The van der Waals surface area contributed by atoms with Gasteiger partial charge in [0, 0.05) is 16.3 Å². The molecule has 0 aliphatic rings. The Morgan fingerprint density at radius 1 is 1.00 bits per heavy atom. The van der Waals surface area contributed by atoms with E-state index in [0.29, 0.717) is 10.5 Å². The highest BCUT2D eigenvalue weighted by Gasteiger charge is 2.33. The lowest BCUT2D eigenvalue weighted by Gasteiger charge is -2.13. The second kappa shape index (κ2) is 5.85. The second-order valence-electron chi connectivity index (χ2n) is 4.09. The minimum Gasteiger partial charge on any atom is -0.326 e. The largest absolute Gasteiger partial charge is 0.417 e. The Bertz CT molecular complexity index is 593. The predicted octanol–water partition coefficient (Wildman–Crippen LogP) is 4.45. The van der Waals surface area contributed by atoms with E-state index in [0.717, 1.165) is 17.8 Å². The van der Waals surface area contributed by atoms with Gasteiger partial charge >= 0.3 is 6.18 Å². The third-order valence-corrected chi connectivity index (χ3v) is 3.71. The van der Waals surface area contributed by atoms with Crippen LogP contribution in [0.15, 0.2) is 52.3 Å². The van der Waals surface area contributed by atoms with Gasteiger partial charge in [-0.3, -0.25) is 0 Å². The maximum atomic E-state index is 13.0. The first-order valence-electron chi connectivity index (χ1n) is 5.74. The maximum absolute atomic E-state index is 13.0. The topological polar surface area (TPSA) is 26.0 Å². The summed E-state index contributed by atoms with van der Waals surface area (Å²) in [6.07, 6.45) is -4.45. The van der Waals surface area contributed by atoms with Gasteiger partial charge in [-0.15, -0.1) is 0 Å². The number of alkyl halides is 3. The zero-order valence-corrected chi connectivity index (χ0v) is 11.1. The summed E-state index contributed by atoms with van der Waals surface area (Å²) in [7, 11) is 0. The molecule has 0 amide bonds. The molecule has 0 saturated carbocycles. The van der Waals surface area contributed by atoms with Gasteiger partial charge in [0.25, 0.3) is 0 Å². The summed E-state index contributed by atoms with van der Waals surface area (Å²) in [5, 5.41) is 0. The molecule has 6 heteroatoms. The van der Waals surface area contributed by atoms with Gasteiger partial charge in [0.05, 0.1) is 5.56 Å². The fourth-order valence-corrected chi connectivity index (χ4v) is 2.59. The zero-order chi connectivity index (χ0) is 14.8. The Kier molecular flexibility index (Phi) is 4.35. The van der Waals surface area contributed by atoms with Crippen molar-refractivity contribution in [3.63, 3.8) is 0 Å². The summed E-state index contributed by atoms with van der Waals surface area (Å²) in [4.78, 5) is 0.610. The van der Waals surface area contributed by atoms with Crippen LogP contribution in [-0.2, 0) is 12.7 Å². The molecule has 0 atom stereocenters. The Balaban J connectivity index is 2.38. The molecular formula is C14H11F4NS. The first-order valence-corrected chi connectivity index (χ1v) is 6.55. The molecule has 2 rings (SSSR count). The molecule has 0 unspecified atom stereocenters. The monoisotopic (exact) mass is 301 g/mol. The predicted molar refractivity (Wildman–Crippen MR) is 69.9 cm³/mol. The maximum Gasteiger partial charge on any atom is 0.417 e. The van der Waals surface area contributed by atoms with Crippen molar-refractivity contribution in [3.8, 4) is 0 Å². The Labute approximate surface area is 117 Å². The highest BCUT2D eigenvalue weighted by Crippen LogP contribution is 2.39. The second-order valence-corrected chi connectivity index (χ2v) is 5.20. The van der Waals surface area contributed by atoms with Crippen molar-refractivity contribution in [2.45, 2.75) is 22.5 Å². The number of halogens is 4. The highest BCUT2D eigenvalue weighted by molar-refractivity contribution is 7.99. The van der Waals surface area contributed by atoms with Crippen molar-refractivity contribution < 1.29 is 17.6 Å². The Morgan fingerprint density at radius 3 is 2.20 bits per heavy atom. The van der Waals surface area contributed by atoms with Gasteiger partial charge in [-0.05, 0) is 42.0 Å². The van der Waals surface area contributed by atoms with E-state index >= 15 is 0 Å². The molecule has 2 aromatic rings. The average Bonchev–Trinajstić information content (AvgIpc) is 2.40. The van der Waals surface area contributed by atoms with Crippen molar-refractivity contribution in [1.29, 1.82) is 0 Å². The number of nitrogens with two attached hydrogens (primary N) is 1. The number of hydrogen-bond donors (Lipinski definition) is 1. The zero-order valence-electron chi connectivity index (χ0n) is 10.2. The van der Waals surface area contributed by atoms with Crippen LogP contribution in [0.2, 0.25) is 0 Å². The van der Waals surface area contributed by atoms with E-state index in [2.05, 4.69) is 0 Å². The number of hydrogen-bond acceptors (Lipinski definition) is 2. The SMILES string of the molecule is NCc1ccc(Sc2ccc(F)cc2)c(C(F)(F)F)c1. The summed E-state index contributed by atoms with van der Waals surface area (Å²) < 4.78 is 51.8. The van der Waals surface area contributed by atoms with Crippen molar-refractivity contribution in [2.75, 3.05) is 0 Å². The lowest BCUT2D eigenvalue weighted by Crippen LogP contribution is -2.08. The molecule has 2 aromatic carbocycles. The van der Waals surface area contributed by atoms with Crippen LogP contribution >= 0.6 is 11.8 Å². The molecule has 2 N–H and O–H groups in total. The lowest BCUT2D eigenvalue weighted by atomic mass is 10.1. The van der Waals surface area contributed by atoms with Crippen LogP contribution in [0.25, 0.3) is 0 Å². The van der Waals surface area contributed by atoms with Crippen molar-refractivity contribution in [3.05, 3.63) is 59.4 Å². The van der Waals surface area contributed by atoms with Crippen LogP contribution in [0.5, 0.6) is 0 Å². The van der Waals surface area contributed by atoms with Gasteiger partial charge in [-0.1, -0.05) is 17.8 Å². The molecule has 0 aliphatic heterocycles. The third kappa shape index (κ3) is 3.52. The van der Waals surface area contributed by atoms with Gasteiger partial charge in [0.2, 0.25) is 0 Å². The smallest absolute Gasteiger partial charge is 0.326 e. The molecule has 0 radical (unpaired) electrons. The number of benzene rings is 2. The van der Waals surface area contributed by atoms with Crippen LogP contribution in [0, 0.1) is 5.82 Å². The van der Waals surface area contributed by atoms with Crippen molar-refractivity contribution >= 4 is 11.8 Å². The van der Waals surface area contributed by atoms with E-state index in [1.54, 1.807) is 6.07 Å². The molecule has 0 heterocycles. The summed E-state index contributed by atoms with van der Waals surface area (Å²) in [5.41, 5.74) is 5.06. The summed E-state index contributed by atoms with van der Waals surface area (Å²) >= 11 is 0.941. The van der Waals surface area contributed by atoms with Crippen molar-refractivity contribution in [2.24, 2.45) is 5.73 Å². The molecule has 0 aromatic heterocycles. The first-order chi connectivity index (χ1) is 9.40. The van der Waals surface area contributed by atoms with Crippen LogP contribution in [0.3, 0.4) is 0 Å². The fraction of sp³-hybridized carbons (Fsp3) is 0.143. The normalized spacial score (nSPS) is 11.7. The van der Waals surface area contributed by atoms with Crippen molar-refractivity contribution in [1.82, 2.24) is 0 Å². The molecule has 0 fully saturated rings. The van der Waals surface area contributed by atoms with E-state index < -0.39 is 17.6 Å². The Hall–Kier alpha value is -1.53. The van der Waals surface area contributed by atoms with Crippen LogP contribution in [0.4, 0.5) is 17.6 Å². The van der Waals surface area contributed by atoms with Crippen LogP contribution in [-0.4, -0.2) is 0 Å². The van der Waals surface area contributed by atoms with Crippen LogP contribution in [0.1, 0.15) is 11.1 Å². The van der Waals surface area contributed by atoms with Gasteiger partial charge in [0.15, 0.2) is 0 Å². The molecule has 1 nitrogen and oxygen atoms in total. The molecule has 0 saturated heterocycles. The van der Waals surface area contributed by atoms with E-state index in [4.69, 9.17) is 5.73 Å². The van der Waals surface area contributed by atoms with E-state index in [9.17, 15) is 17.6 Å². The summed E-state index contributed by atoms with van der Waals surface area (Å²) in [5.74, 6) is -0.427. The quantitative estimate of drug-likeness (QED) is 0.847. The van der Waals surface area contributed by atoms with Gasteiger partial charge in [-0.25, -0.2) is 4.39 Å². The third-order valence-electron chi connectivity index (χ3n) is 2.63. The Morgan fingerprint density at radius 2 is 1.65 bits per heavy atom. The highest BCUT2D eigenvalue weighted by atomic mass is 32.2. The summed E-state index contributed by atoms with van der Waals surface area (Å²) in [6, 6.07) is 9.30. The van der Waals surface area contributed by atoms with Gasteiger partial charge in [-0.2, -0.15) is 13.2 Å². The van der Waals surface area contributed by atoms with Crippen LogP contribution < -0.4 is 5.73 Å². The number of rotatable bonds is 3. The fourth-order valence-electron chi connectivity index (χ4n) is 1.64. The van der Waals surface area contributed by atoms with E-state index in [1.165, 1.54) is 30.3 Å². The first kappa shape index (κ1) is 14.9. The standard InChI is InChI=1S/C14H11F4NS/c15-10-2-4-11(5-3-10)20-13-6-1-9(8-19)7-12(13)14(16,17)18/h1-7H,8,19H2. The summed E-state index contributed by atoms with van der Waals surface area (Å²) in [6.45, 7) is 0.0462. The van der Waals surface area contributed by atoms with Gasteiger partial charge in [0.1, 0.15) is 5.82 Å².